The van der Waals surface area contributed by atoms with Crippen molar-refractivity contribution < 1.29 is 9.53 Å². The van der Waals surface area contributed by atoms with Crippen LogP contribution >= 0.6 is 23.4 Å². The summed E-state index contributed by atoms with van der Waals surface area (Å²) in [6.45, 7) is 3.63. The van der Waals surface area contributed by atoms with E-state index >= 15 is 0 Å². The summed E-state index contributed by atoms with van der Waals surface area (Å²) in [6, 6.07) is 15.1. The number of hydrogen-bond acceptors (Lipinski definition) is 4. The Labute approximate surface area is 156 Å². The maximum atomic E-state index is 13.0. The van der Waals surface area contributed by atoms with Crippen molar-refractivity contribution in [3.63, 3.8) is 0 Å². The minimum atomic E-state index is -0.0769. The van der Waals surface area contributed by atoms with Crippen LogP contribution in [-0.2, 0) is 5.75 Å². The second-order valence-electron chi connectivity index (χ2n) is 5.43. The lowest BCUT2D eigenvalue weighted by atomic mass is 10.2. The van der Waals surface area contributed by atoms with Gasteiger partial charge >= 0.3 is 0 Å². The molecule has 0 fully saturated rings. The fourth-order valence-electron chi connectivity index (χ4n) is 2.57. The Morgan fingerprint density at radius 2 is 2.00 bits per heavy atom. The third-order valence-corrected chi connectivity index (χ3v) is 5.21. The highest BCUT2D eigenvalue weighted by molar-refractivity contribution is 8.13. The molecule has 1 aliphatic rings. The lowest BCUT2D eigenvalue weighted by molar-refractivity contribution is 0.0856. The quantitative estimate of drug-likeness (QED) is 0.774. The van der Waals surface area contributed by atoms with E-state index in [2.05, 4.69) is 4.99 Å². The zero-order valence-corrected chi connectivity index (χ0v) is 15.5. The molecule has 6 heteroatoms. The summed E-state index contributed by atoms with van der Waals surface area (Å²) >= 11 is 7.74. The number of benzene rings is 2. The van der Waals surface area contributed by atoms with Crippen molar-refractivity contribution >= 4 is 34.4 Å². The molecule has 0 radical (unpaired) electrons. The monoisotopic (exact) mass is 374 g/mol. The van der Waals surface area contributed by atoms with E-state index in [1.165, 1.54) is 11.8 Å². The van der Waals surface area contributed by atoms with Crippen LogP contribution in [0.3, 0.4) is 0 Å². The van der Waals surface area contributed by atoms with E-state index in [0.29, 0.717) is 36.8 Å². The van der Waals surface area contributed by atoms with Crippen molar-refractivity contribution in [2.75, 3.05) is 19.7 Å². The first kappa shape index (κ1) is 17.8. The van der Waals surface area contributed by atoms with Gasteiger partial charge in [-0.25, -0.2) is 0 Å². The van der Waals surface area contributed by atoms with Gasteiger partial charge in [0.2, 0.25) is 0 Å². The van der Waals surface area contributed by atoms with Gasteiger partial charge in [-0.05, 0) is 30.7 Å². The maximum absolute atomic E-state index is 13.0. The predicted octanol–water partition coefficient (Wildman–Crippen LogP) is 4.48. The average Bonchev–Trinajstić information content (AvgIpc) is 3.10. The first-order valence-electron chi connectivity index (χ1n) is 8.15. The van der Waals surface area contributed by atoms with E-state index in [1.54, 1.807) is 11.0 Å². The van der Waals surface area contributed by atoms with Gasteiger partial charge < -0.3 is 4.74 Å². The third kappa shape index (κ3) is 4.17. The van der Waals surface area contributed by atoms with Gasteiger partial charge in [0.1, 0.15) is 5.75 Å². The summed E-state index contributed by atoms with van der Waals surface area (Å²) in [7, 11) is 0. The van der Waals surface area contributed by atoms with Gasteiger partial charge in [-0.3, -0.25) is 14.7 Å². The van der Waals surface area contributed by atoms with E-state index in [0.717, 1.165) is 15.8 Å². The maximum Gasteiger partial charge on any atom is 0.263 e. The summed E-state index contributed by atoms with van der Waals surface area (Å²) in [5.74, 6) is 1.21. The van der Waals surface area contributed by atoms with Crippen LogP contribution in [0, 0.1) is 0 Å². The molecule has 4 nitrogen and oxygen atoms in total. The molecule has 0 saturated carbocycles. The number of hydrogen-bond donors (Lipinski definition) is 0. The molecule has 2 aromatic rings. The molecule has 0 bridgehead atoms. The van der Waals surface area contributed by atoms with Gasteiger partial charge in [-0.15, -0.1) is 0 Å². The van der Waals surface area contributed by atoms with Gasteiger partial charge in [0.15, 0.2) is 5.17 Å². The largest absolute Gasteiger partial charge is 0.493 e. The lowest BCUT2D eigenvalue weighted by Gasteiger charge is -2.19. The van der Waals surface area contributed by atoms with Gasteiger partial charge in [0, 0.05) is 17.3 Å². The molecular formula is C19H19ClN2O2S. The molecule has 0 atom stereocenters. The standard InChI is InChI=1S/C19H19ClN2O2S/c1-2-24-17-10-6-4-8-15(17)18(23)22-12-11-21-19(22)25-13-14-7-3-5-9-16(14)20/h3-10H,2,11-13H2,1H3. The average molecular weight is 375 g/mol. The summed E-state index contributed by atoms with van der Waals surface area (Å²) < 4.78 is 5.59. The fraction of sp³-hybridized carbons (Fsp3) is 0.263. The zero-order chi connectivity index (χ0) is 17.6. The number of thioether (sulfide) groups is 1. The van der Waals surface area contributed by atoms with Crippen LogP contribution in [0.5, 0.6) is 5.75 Å². The smallest absolute Gasteiger partial charge is 0.263 e. The Kier molecular flexibility index (Phi) is 6.00. The molecule has 0 N–H and O–H groups in total. The van der Waals surface area contributed by atoms with E-state index in [-0.39, 0.29) is 5.91 Å². The van der Waals surface area contributed by atoms with Crippen molar-refractivity contribution in [1.82, 2.24) is 4.90 Å². The second kappa shape index (κ2) is 8.41. The SMILES string of the molecule is CCOc1ccccc1C(=O)N1CCN=C1SCc1ccccc1Cl. The number of carbonyl (C=O) groups is 1. The van der Waals surface area contributed by atoms with Gasteiger partial charge in [0.25, 0.3) is 5.91 Å². The second-order valence-corrected chi connectivity index (χ2v) is 6.78. The molecule has 1 heterocycles. The van der Waals surface area contributed by atoms with Crippen LogP contribution < -0.4 is 4.74 Å². The number of rotatable bonds is 5. The zero-order valence-electron chi connectivity index (χ0n) is 13.9. The number of ether oxygens (including phenoxy) is 1. The first-order valence-corrected chi connectivity index (χ1v) is 9.51. The number of carbonyl (C=O) groups excluding carboxylic acids is 1. The van der Waals surface area contributed by atoms with Crippen LogP contribution in [-0.4, -0.2) is 35.7 Å². The van der Waals surface area contributed by atoms with E-state index < -0.39 is 0 Å². The molecular weight excluding hydrogens is 356 g/mol. The van der Waals surface area contributed by atoms with E-state index in [1.807, 2.05) is 49.4 Å². The van der Waals surface area contributed by atoms with Crippen LogP contribution in [0.25, 0.3) is 0 Å². The number of para-hydroxylation sites is 1. The Hall–Kier alpha value is -1.98. The van der Waals surface area contributed by atoms with Crippen LogP contribution in [0.4, 0.5) is 0 Å². The molecule has 130 valence electrons. The number of halogens is 1. The first-order chi connectivity index (χ1) is 12.2. The van der Waals surface area contributed by atoms with Crippen LogP contribution in [0.2, 0.25) is 5.02 Å². The molecule has 0 spiro atoms. The minimum Gasteiger partial charge on any atom is -0.493 e. The molecule has 1 aliphatic heterocycles. The highest BCUT2D eigenvalue weighted by Crippen LogP contribution is 2.27. The van der Waals surface area contributed by atoms with Gasteiger partial charge in [-0.1, -0.05) is 53.7 Å². The number of nitrogens with zero attached hydrogens (tertiary/aromatic N) is 2. The number of amides is 1. The molecule has 3 rings (SSSR count). The van der Waals surface area contributed by atoms with Crippen molar-refractivity contribution in [3.05, 3.63) is 64.7 Å². The fourth-order valence-corrected chi connectivity index (χ4v) is 3.90. The molecule has 25 heavy (non-hydrogen) atoms. The molecule has 0 saturated heterocycles. The van der Waals surface area contributed by atoms with E-state index in [4.69, 9.17) is 16.3 Å². The topological polar surface area (TPSA) is 41.9 Å². The summed E-state index contributed by atoms with van der Waals surface area (Å²) in [5.41, 5.74) is 1.60. The lowest BCUT2D eigenvalue weighted by Crippen LogP contribution is -2.33. The highest BCUT2D eigenvalue weighted by Gasteiger charge is 2.27. The summed E-state index contributed by atoms with van der Waals surface area (Å²) in [5, 5.41) is 1.46. The highest BCUT2D eigenvalue weighted by atomic mass is 35.5. The van der Waals surface area contributed by atoms with Crippen LogP contribution in [0.15, 0.2) is 53.5 Å². The number of amidine groups is 1. The Morgan fingerprint density at radius 1 is 1.24 bits per heavy atom. The molecule has 0 aliphatic carbocycles. The summed E-state index contributed by atoms with van der Waals surface area (Å²) in [6.07, 6.45) is 0. The minimum absolute atomic E-state index is 0.0769. The van der Waals surface area contributed by atoms with Gasteiger partial charge in [-0.2, -0.15) is 0 Å². The Morgan fingerprint density at radius 3 is 2.80 bits per heavy atom. The van der Waals surface area contributed by atoms with Crippen molar-refractivity contribution in [2.24, 2.45) is 4.99 Å². The molecule has 0 unspecified atom stereocenters. The van der Waals surface area contributed by atoms with Crippen LogP contribution in [0.1, 0.15) is 22.8 Å². The molecule has 1 amide bonds. The Bertz CT molecular complexity index is 794. The van der Waals surface area contributed by atoms with Gasteiger partial charge in [0.05, 0.1) is 18.7 Å². The van der Waals surface area contributed by atoms with Crippen molar-refractivity contribution in [1.29, 1.82) is 0 Å². The normalized spacial score (nSPS) is 13.7. The van der Waals surface area contributed by atoms with Crippen molar-refractivity contribution in [2.45, 2.75) is 12.7 Å². The third-order valence-electron chi connectivity index (χ3n) is 3.78. The van der Waals surface area contributed by atoms with E-state index in [9.17, 15) is 4.79 Å². The molecule has 0 aromatic heterocycles. The molecule has 2 aromatic carbocycles. The Balaban J connectivity index is 1.73. The number of aliphatic imine (C=N–C) groups is 1. The predicted molar refractivity (Wildman–Crippen MR) is 104 cm³/mol. The summed E-state index contributed by atoms with van der Waals surface area (Å²) in [4.78, 5) is 19.2. The van der Waals surface area contributed by atoms with Crippen molar-refractivity contribution in [3.8, 4) is 5.75 Å².